The van der Waals surface area contributed by atoms with E-state index in [1.807, 2.05) is 36.4 Å². The quantitative estimate of drug-likeness (QED) is 0.670. The molecule has 8 heteroatoms. The third-order valence-electron chi connectivity index (χ3n) is 6.09. The van der Waals surface area contributed by atoms with Crippen LogP contribution in [0.4, 0.5) is 21.9 Å². The van der Waals surface area contributed by atoms with Crippen molar-refractivity contribution in [3.05, 3.63) is 54.1 Å². The van der Waals surface area contributed by atoms with Gasteiger partial charge in [0.15, 0.2) is 0 Å². The number of para-hydroxylation sites is 1. The number of primary amides is 1. The molecule has 2 aliphatic rings. The number of anilines is 3. The predicted octanol–water partition coefficient (Wildman–Crippen LogP) is 3.27. The molecule has 0 aliphatic carbocycles. The van der Waals surface area contributed by atoms with Gasteiger partial charge in [-0.2, -0.15) is 0 Å². The summed E-state index contributed by atoms with van der Waals surface area (Å²) in [5.74, 6) is -1.01. The maximum atomic E-state index is 13.1. The van der Waals surface area contributed by atoms with E-state index in [2.05, 4.69) is 15.5 Å². The average molecular weight is 436 g/mol. The summed E-state index contributed by atoms with van der Waals surface area (Å²) in [5, 5.41) is 5.90. The minimum absolute atomic E-state index is 0.149. The van der Waals surface area contributed by atoms with Crippen LogP contribution in [0, 0.1) is 5.92 Å². The van der Waals surface area contributed by atoms with Crippen molar-refractivity contribution in [2.24, 2.45) is 11.7 Å². The van der Waals surface area contributed by atoms with Gasteiger partial charge < -0.3 is 26.2 Å². The average Bonchev–Trinajstić information content (AvgIpc) is 3.34. The van der Waals surface area contributed by atoms with Crippen LogP contribution in [-0.4, -0.2) is 48.9 Å². The van der Waals surface area contributed by atoms with Crippen molar-refractivity contribution in [1.29, 1.82) is 0 Å². The Bertz CT molecular complexity index is 988. The molecule has 2 saturated heterocycles. The van der Waals surface area contributed by atoms with E-state index in [1.54, 1.807) is 17.0 Å². The third kappa shape index (κ3) is 5.01. The van der Waals surface area contributed by atoms with Crippen LogP contribution in [0.1, 0.15) is 36.0 Å². The van der Waals surface area contributed by atoms with E-state index >= 15 is 0 Å². The molecule has 0 unspecified atom stereocenters. The second-order valence-corrected chi connectivity index (χ2v) is 8.36. The van der Waals surface area contributed by atoms with Gasteiger partial charge in [-0.1, -0.05) is 18.2 Å². The van der Waals surface area contributed by atoms with E-state index in [4.69, 9.17) is 5.73 Å². The summed E-state index contributed by atoms with van der Waals surface area (Å²) in [5.41, 5.74) is 8.03. The van der Waals surface area contributed by atoms with Crippen molar-refractivity contribution < 1.29 is 14.4 Å². The van der Waals surface area contributed by atoms with Gasteiger partial charge in [0.25, 0.3) is 0 Å². The number of likely N-dealkylation sites (tertiary alicyclic amines) is 1. The van der Waals surface area contributed by atoms with Crippen molar-refractivity contribution in [1.82, 2.24) is 4.90 Å². The molecule has 8 nitrogen and oxygen atoms in total. The molecule has 2 heterocycles. The lowest BCUT2D eigenvalue weighted by Crippen LogP contribution is -2.45. The molecule has 2 aromatic carbocycles. The first-order valence-electron chi connectivity index (χ1n) is 11.1. The Morgan fingerprint density at radius 1 is 0.906 bits per heavy atom. The summed E-state index contributed by atoms with van der Waals surface area (Å²) in [4.78, 5) is 41.4. The Labute approximate surface area is 187 Å². The lowest BCUT2D eigenvalue weighted by Gasteiger charge is -2.32. The number of nitrogens with two attached hydrogens (primary N) is 1. The van der Waals surface area contributed by atoms with Gasteiger partial charge >= 0.3 is 6.03 Å². The van der Waals surface area contributed by atoms with E-state index in [9.17, 15) is 14.4 Å². The summed E-state index contributed by atoms with van der Waals surface area (Å²) < 4.78 is 0. The Hall–Kier alpha value is -3.55. The van der Waals surface area contributed by atoms with E-state index in [-0.39, 0.29) is 17.9 Å². The van der Waals surface area contributed by atoms with Crippen LogP contribution in [0.15, 0.2) is 48.5 Å². The Balaban J connectivity index is 1.45. The molecule has 1 atom stereocenters. The molecule has 0 aromatic heterocycles. The molecule has 4 rings (SSSR count). The number of amides is 4. The van der Waals surface area contributed by atoms with Crippen LogP contribution < -0.4 is 21.3 Å². The summed E-state index contributed by atoms with van der Waals surface area (Å²) in [6.45, 7) is 2.78. The lowest BCUT2D eigenvalue weighted by molar-refractivity contribution is -0.121. The molecule has 32 heavy (non-hydrogen) atoms. The Kier molecular flexibility index (Phi) is 6.58. The number of rotatable bonds is 5. The van der Waals surface area contributed by atoms with E-state index in [1.165, 1.54) is 0 Å². The van der Waals surface area contributed by atoms with Gasteiger partial charge in [0.05, 0.1) is 17.3 Å². The fourth-order valence-corrected chi connectivity index (χ4v) is 4.36. The first-order chi connectivity index (χ1) is 15.5. The molecule has 0 bridgehead atoms. The number of piperidine rings is 1. The van der Waals surface area contributed by atoms with E-state index in [0.29, 0.717) is 30.8 Å². The number of nitrogens with one attached hydrogen (secondary N) is 2. The topological polar surface area (TPSA) is 108 Å². The zero-order chi connectivity index (χ0) is 22.5. The van der Waals surface area contributed by atoms with Crippen LogP contribution in [0.5, 0.6) is 0 Å². The van der Waals surface area contributed by atoms with Crippen LogP contribution in [0.25, 0.3) is 0 Å². The monoisotopic (exact) mass is 435 g/mol. The van der Waals surface area contributed by atoms with Crippen molar-refractivity contribution in [2.75, 3.05) is 41.7 Å². The number of carbonyl (C=O) groups excluding carboxylic acids is 3. The maximum Gasteiger partial charge on any atom is 0.321 e. The second-order valence-electron chi connectivity index (χ2n) is 8.36. The number of carbonyl (C=O) groups is 3. The van der Waals surface area contributed by atoms with Crippen LogP contribution in [0.3, 0.4) is 0 Å². The molecule has 2 aromatic rings. The fourth-order valence-electron chi connectivity index (χ4n) is 4.36. The minimum atomic E-state index is -0.533. The highest BCUT2D eigenvalue weighted by atomic mass is 16.2. The van der Waals surface area contributed by atoms with Gasteiger partial charge in [-0.25, -0.2) is 4.79 Å². The fraction of sp³-hybridized carbons (Fsp3) is 0.375. The van der Waals surface area contributed by atoms with Gasteiger partial charge in [0.2, 0.25) is 11.8 Å². The third-order valence-corrected chi connectivity index (χ3v) is 6.09. The zero-order valence-electron chi connectivity index (χ0n) is 18.0. The summed E-state index contributed by atoms with van der Waals surface area (Å²) in [6.07, 6.45) is 3.65. The largest absolute Gasteiger partial charge is 0.370 e. The molecule has 0 saturated carbocycles. The van der Waals surface area contributed by atoms with Gasteiger partial charge in [-0.05, 0) is 56.0 Å². The van der Waals surface area contributed by atoms with Crippen molar-refractivity contribution in [3.63, 3.8) is 0 Å². The second kappa shape index (κ2) is 9.72. The van der Waals surface area contributed by atoms with Gasteiger partial charge in [0.1, 0.15) is 0 Å². The van der Waals surface area contributed by atoms with E-state index < -0.39 is 5.91 Å². The highest BCUT2D eigenvalue weighted by molar-refractivity contribution is 6.00. The van der Waals surface area contributed by atoms with Gasteiger partial charge in [-0.3, -0.25) is 9.59 Å². The molecular formula is C24H29N5O3. The molecule has 168 valence electrons. The summed E-state index contributed by atoms with van der Waals surface area (Å²) in [7, 11) is 0. The standard InChI is InChI=1S/C24H29N5O3/c25-22(30)17-10-11-21(28-12-4-5-13-28)20(15-17)27-23(31)18-7-6-14-29(16-18)24(32)26-19-8-2-1-3-9-19/h1-3,8-11,15,18H,4-7,12-14,16H2,(H2,25,30)(H,26,32)(H,27,31)/t18-/m0/s1. The van der Waals surface area contributed by atoms with Crippen molar-refractivity contribution in [2.45, 2.75) is 25.7 Å². The predicted molar refractivity (Wildman–Crippen MR) is 125 cm³/mol. The molecular weight excluding hydrogens is 406 g/mol. The molecule has 2 aliphatic heterocycles. The lowest BCUT2D eigenvalue weighted by atomic mass is 9.97. The first kappa shape index (κ1) is 21.7. The molecule has 2 fully saturated rings. The summed E-state index contributed by atoms with van der Waals surface area (Å²) >= 11 is 0. The highest BCUT2D eigenvalue weighted by Crippen LogP contribution is 2.31. The number of benzene rings is 2. The summed E-state index contributed by atoms with van der Waals surface area (Å²) in [6, 6.07) is 14.3. The SMILES string of the molecule is NC(=O)c1ccc(N2CCCC2)c(NC(=O)[C@H]2CCCN(C(=O)Nc3ccccc3)C2)c1. The molecule has 4 N–H and O–H groups in total. The Morgan fingerprint density at radius 2 is 1.66 bits per heavy atom. The van der Waals surface area contributed by atoms with Crippen molar-refractivity contribution >= 4 is 34.9 Å². The number of hydrogen-bond donors (Lipinski definition) is 3. The number of urea groups is 1. The highest BCUT2D eigenvalue weighted by Gasteiger charge is 2.29. The zero-order valence-corrected chi connectivity index (χ0v) is 18.0. The molecule has 4 amide bonds. The smallest absolute Gasteiger partial charge is 0.321 e. The van der Waals surface area contributed by atoms with Gasteiger partial charge in [-0.15, -0.1) is 0 Å². The minimum Gasteiger partial charge on any atom is -0.370 e. The maximum absolute atomic E-state index is 13.1. The first-order valence-corrected chi connectivity index (χ1v) is 11.1. The Morgan fingerprint density at radius 3 is 2.38 bits per heavy atom. The van der Waals surface area contributed by atoms with Crippen LogP contribution in [-0.2, 0) is 4.79 Å². The van der Waals surface area contributed by atoms with Crippen LogP contribution in [0.2, 0.25) is 0 Å². The number of hydrogen-bond acceptors (Lipinski definition) is 4. The van der Waals surface area contributed by atoms with Crippen molar-refractivity contribution in [3.8, 4) is 0 Å². The number of nitrogens with zero attached hydrogens (tertiary/aromatic N) is 2. The molecule has 0 radical (unpaired) electrons. The van der Waals surface area contributed by atoms with Crippen LogP contribution >= 0.6 is 0 Å². The molecule has 0 spiro atoms. The van der Waals surface area contributed by atoms with Gasteiger partial charge in [0, 0.05) is 37.4 Å². The van der Waals surface area contributed by atoms with E-state index in [0.717, 1.165) is 43.7 Å². The normalized spacial score (nSPS) is 18.3.